The molecule has 1 aromatic rings. The van der Waals surface area contributed by atoms with E-state index in [9.17, 15) is 9.90 Å². The third kappa shape index (κ3) is 3.74. The number of carbonyl (C=O) groups is 1. The smallest absolute Gasteiger partial charge is 0.256 e. The monoisotopic (exact) mass is 443 g/mol. The lowest BCUT2D eigenvalue weighted by atomic mass is 9.52. The molecule has 2 unspecified atom stereocenters. The van der Waals surface area contributed by atoms with Crippen LogP contribution >= 0.6 is 0 Å². The van der Waals surface area contributed by atoms with Gasteiger partial charge in [-0.25, -0.2) is 4.98 Å². The highest BCUT2D eigenvalue weighted by Crippen LogP contribution is 2.55. The Hall–Kier alpha value is -1.97. The number of hydrogen-bond donors (Lipinski definition) is 2. The van der Waals surface area contributed by atoms with Gasteiger partial charge in [0.05, 0.1) is 32.0 Å². The maximum absolute atomic E-state index is 13.5. The fourth-order valence-electron chi connectivity index (χ4n) is 6.90. The summed E-state index contributed by atoms with van der Waals surface area (Å²) in [4.78, 5) is 27.2. The zero-order valence-electron chi connectivity index (χ0n) is 18.5. The normalized spacial score (nSPS) is 36.4. The first-order chi connectivity index (χ1) is 15.6. The Morgan fingerprint density at radius 2 is 1.62 bits per heavy atom. The van der Waals surface area contributed by atoms with Gasteiger partial charge in [0, 0.05) is 38.4 Å². The van der Waals surface area contributed by atoms with Crippen LogP contribution in [0.1, 0.15) is 42.5 Å². The van der Waals surface area contributed by atoms with Gasteiger partial charge in [-0.1, -0.05) is 0 Å². The number of morpholine rings is 2. The second-order valence-electron chi connectivity index (χ2n) is 10.3. The van der Waals surface area contributed by atoms with Crippen molar-refractivity contribution in [3.8, 4) is 0 Å². The Morgan fingerprint density at radius 3 is 2.25 bits per heavy atom. The number of anilines is 2. The van der Waals surface area contributed by atoms with Gasteiger partial charge in [0.15, 0.2) is 0 Å². The summed E-state index contributed by atoms with van der Waals surface area (Å²) in [7, 11) is 0. The van der Waals surface area contributed by atoms with Gasteiger partial charge in [-0.2, -0.15) is 4.98 Å². The van der Waals surface area contributed by atoms with Crippen molar-refractivity contribution in [1.82, 2.24) is 15.3 Å². The average Bonchev–Trinajstić information content (AvgIpc) is 2.81. The predicted molar refractivity (Wildman–Crippen MR) is 118 cm³/mol. The second-order valence-corrected chi connectivity index (χ2v) is 10.3. The van der Waals surface area contributed by atoms with E-state index in [2.05, 4.69) is 20.1 Å². The number of rotatable bonds is 4. The maximum Gasteiger partial charge on any atom is 0.256 e. The van der Waals surface area contributed by atoms with Crippen LogP contribution in [0.2, 0.25) is 0 Å². The molecule has 1 amide bonds. The van der Waals surface area contributed by atoms with E-state index in [4.69, 9.17) is 14.5 Å². The molecular weight excluding hydrogens is 410 g/mol. The molecule has 3 heterocycles. The second kappa shape index (κ2) is 8.11. The Morgan fingerprint density at radius 1 is 1.00 bits per heavy atom. The van der Waals surface area contributed by atoms with Crippen molar-refractivity contribution in [3.63, 3.8) is 0 Å². The van der Waals surface area contributed by atoms with Gasteiger partial charge in [0.25, 0.3) is 5.91 Å². The lowest BCUT2D eigenvalue weighted by Gasteiger charge is -2.58. The number of ether oxygens (including phenoxy) is 2. The summed E-state index contributed by atoms with van der Waals surface area (Å²) in [6.07, 6.45) is 6.50. The minimum atomic E-state index is -0.500. The van der Waals surface area contributed by atoms with E-state index in [1.807, 2.05) is 0 Å². The Bertz CT molecular complexity index is 854. The molecule has 4 aliphatic carbocycles. The number of carbonyl (C=O) groups excluding carboxylic acids is 1. The molecule has 7 rings (SSSR count). The van der Waals surface area contributed by atoms with Crippen molar-refractivity contribution in [2.45, 2.75) is 43.7 Å². The molecule has 2 saturated heterocycles. The van der Waals surface area contributed by atoms with Crippen molar-refractivity contribution < 1.29 is 19.4 Å². The molecule has 2 N–H and O–H groups in total. The van der Waals surface area contributed by atoms with E-state index < -0.39 is 5.60 Å². The summed E-state index contributed by atoms with van der Waals surface area (Å²) in [6, 6.07) is 0.135. The zero-order chi connectivity index (χ0) is 21.7. The fourth-order valence-corrected chi connectivity index (χ4v) is 6.90. The van der Waals surface area contributed by atoms with Gasteiger partial charge in [-0.3, -0.25) is 4.79 Å². The number of aliphatic hydroxyl groups is 1. The molecule has 4 saturated carbocycles. The molecular formula is C23H33N5O4. The summed E-state index contributed by atoms with van der Waals surface area (Å²) < 4.78 is 11.0. The molecule has 9 nitrogen and oxygen atoms in total. The lowest BCUT2D eigenvalue weighted by Crippen LogP contribution is -2.61. The summed E-state index contributed by atoms with van der Waals surface area (Å²) in [5.74, 6) is 2.62. The number of nitrogens with zero attached hydrogens (tertiary/aromatic N) is 4. The topological polar surface area (TPSA) is 100 Å². The minimum Gasteiger partial charge on any atom is -0.390 e. The fraction of sp³-hybridized carbons (Fsp3) is 0.783. The standard InChI is InChI=1S/C23H33N5O4/c29-21(25-19-16-9-15-10-17(19)13-23(30,11-15)12-16)18-14-24-22(28-3-7-32-8-4-28)26-20(18)27-1-5-31-6-2-27/h14-17,19,30H,1-13H2,(H,25,29)/t15?,16?,17?,19-,23+. The van der Waals surface area contributed by atoms with Gasteiger partial charge >= 0.3 is 0 Å². The highest BCUT2D eigenvalue weighted by Gasteiger charge is 2.55. The molecule has 0 aromatic carbocycles. The molecule has 0 spiro atoms. The molecule has 4 bridgehead atoms. The van der Waals surface area contributed by atoms with Gasteiger partial charge in [0.2, 0.25) is 5.95 Å². The third-order valence-corrected chi connectivity index (χ3v) is 8.14. The molecule has 1 aromatic heterocycles. The highest BCUT2D eigenvalue weighted by atomic mass is 16.5. The Balaban J connectivity index is 1.25. The van der Waals surface area contributed by atoms with Crippen LogP contribution in [0, 0.1) is 17.8 Å². The van der Waals surface area contributed by atoms with Crippen LogP contribution in [0.4, 0.5) is 11.8 Å². The Kier molecular flexibility index (Phi) is 5.23. The maximum atomic E-state index is 13.5. The van der Waals surface area contributed by atoms with Gasteiger partial charge < -0.3 is 29.7 Å². The molecule has 9 heteroatoms. The molecule has 6 fully saturated rings. The van der Waals surface area contributed by atoms with Gasteiger partial charge in [0.1, 0.15) is 11.4 Å². The SMILES string of the molecule is O=C(N[C@H]1C2CC3CC1C[C@@](O)(C3)C2)c1cnc(N2CCOCC2)nc1N1CCOCC1. The number of aromatic nitrogens is 2. The van der Waals surface area contributed by atoms with Crippen LogP contribution in [0.3, 0.4) is 0 Å². The zero-order valence-corrected chi connectivity index (χ0v) is 18.5. The summed E-state index contributed by atoms with van der Waals surface area (Å²) >= 11 is 0. The van der Waals surface area contributed by atoms with Crippen LogP contribution in [-0.4, -0.2) is 85.2 Å². The van der Waals surface area contributed by atoms with E-state index in [1.54, 1.807) is 6.20 Å². The largest absolute Gasteiger partial charge is 0.390 e. The van der Waals surface area contributed by atoms with Crippen molar-refractivity contribution in [2.24, 2.45) is 17.8 Å². The molecule has 0 radical (unpaired) electrons. The molecule has 32 heavy (non-hydrogen) atoms. The summed E-state index contributed by atoms with van der Waals surface area (Å²) in [5, 5.41) is 14.2. The molecule has 2 aliphatic heterocycles. The lowest BCUT2D eigenvalue weighted by molar-refractivity contribution is -0.136. The van der Waals surface area contributed by atoms with Crippen LogP contribution in [0.5, 0.6) is 0 Å². The number of amides is 1. The average molecular weight is 444 g/mol. The van der Waals surface area contributed by atoms with Crippen LogP contribution in [-0.2, 0) is 9.47 Å². The number of nitrogens with one attached hydrogen (secondary N) is 1. The first kappa shape index (κ1) is 20.6. The molecule has 174 valence electrons. The van der Waals surface area contributed by atoms with Crippen molar-refractivity contribution in [1.29, 1.82) is 0 Å². The van der Waals surface area contributed by atoms with E-state index in [0.717, 1.165) is 45.2 Å². The summed E-state index contributed by atoms with van der Waals surface area (Å²) in [6.45, 7) is 5.52. The first-order valence-electron chi connectivity index (χ1n) is 12.1. The third-order valence-electron chi connectivity index (χ3n) is 8.14. The quantitative estimate of drug-likeness (QED) is 0.706. The van der Waals surface area contributed by atoms with Crippen molar-refractivity contribution in [2.75, 3.05) is 62.4 Å². The predicted octanol–water partition coefficient (Wildman–Crippen LogP) is 0.819. The van der Waals surface area contributed by atoms with Gasteiger partial charge in [-0.05, 0) is 49.9 Å². The van der Waals surface area contributed by atoms with Crippen molar-refractivity contribution in [3.05, 3.63) is 11.8 Å². The minimum absolute atomic E-state index is 0.0931. The number of hydrogen-bond acceptors (Lipinski definition) is 8. The first-order valence-corrected chi connectivity index (χ1v) is 12.1. The molecule has 6 aliphatic rings. The van der Waals surface area contributed by atoms with Crippen molar-refractivity contribution >= 4 is 17.7 Å². The van der Waals surface area contributed by atoms with E-state index in [0.29, 0.717) is 74.6 Å². The van der Waals surface area contributed by atoms with Gasteiger partial charge in [-0.15, -0.1) is 0 Å². The van der Waals surface area contributed by atoms with Crippen LogP contribution in [0.25, 0.3) is 0 Å². The van der Waals surface area contributed by atoms with E-state index in [1.165, 1.54) is 0 Å². The summed E-state index contributed by atoms with van der Waals surface area (Å²) in [5.41, 5.74) is 0.0380. The highest BCUT2D eigenvalue weighted by molar-refractivity contribution is 5.99. The van der Waals surface area contributed by atoms with Crippen LogP contribution in [0.15, 0.2) is 6.20 Å². The van der Waals surface area contributed by atoms with E-state index in [-0.39, 0.29) is 11.9 Å². The Labute approximate surface area is 188 Å². The van der Waals surface area contributed by atoms with E-state index >= 15 is 0 Å². The molecule has 2 atom stereocenters. The van der Waals surface area contributed by atoms with Crippen LogP contribution < -0.4 is 15.1 Å².